The molecule has 3 N–H and O–H groups in total. The highest BCUT2D eigenvalue weighted by Crippen LogP contribution is 2.71. The number of amides is 3. The molecule has 0 aromatic heterocycles. The summed E-state index contributed by atoms with van der Waals surface area (Å²) in [7, 11) is 1.59. The summed E-state index contributed by atoms with van der Waals surface area (Å²) in [5, 5.41) is 15.4. The molecule has 3 fully saturated rings. The molecule has 3 heterocycles. The van der Waals surface area contributed by atoms with E-state index < -0.39 is 22.6 Å². The van der Waals surface area contributed by atoms with E-state index in [9.17, 15) is 19.5 Å². The molecule has 0 radical (unpaired) electrons. The van der Waals surface area contributed by atoms with Gasteiger partial charge in [0.15, 0.2) is 0 Å². The fraction of sp³-hybridized carbons (Fsp3) is 0.591. The van der Waals surface area contributed by atoms with E-state index in [1.165, 1.54) is 4.90 Å². The van der Waals surface area contributed by atoms with Crippen molar-refractivity contribution in [3.05, 3.63) is 29.3 Å². The van der Waals surface area contributed by atoms with Crippen LogP contribution in [0.3, 0.4) is 0 Å². The maximum Gasteiger partial charge on any atom is 0.248 e. The fourth-order valence-electron chi connectivity index (χ4n) is 5.83. The third kappa shape index (κ3) is 2.80. The van der Waals surface area contributed by atoms with Crippen LogP contribution in [0.1, 0.15) is 30.9 Å². The summed E-state index contributed by atoms with van der Waals surface area (Å²) < 4.78 is -1.03. The number of carbonyl (C=O) groups is 3. The Bertz CT molecular complexity index is 901. The van der Waals surface area contributed by atoms with Crippen LogP contribution < -0.4 is 10.6 Å². The number of para-hydroxylation sites is 1. The Balaban J connectivity index is 1.76. The van der Waals surface area contributed by atoms with Gasteiger partial charge >= 0.3 is 0 Å². The Kier molecular flexibility index (Phi) is 5.13. The van der Waals surface area contributed by atoms with Crippen LogP contribution in [-0.4, -0.2) is 63.5 Å². The third-order valence-electron chi connectivity index (χ3n) is 7.12. The minimum absolute atomic E-state index is 0.0830. The minimum atomic E-state index is -0.720. The summed E-state index contributed by atoms with van der Waals surface area (Å²) in [5.74, 6) is -1.62. The van der Waals surface area contributed by atoms with Gasteiger partial charge in [0, 0.05) is 24.0 Å². The molecule has 162 valence electrons. The largest absolute Gasteiger partial charge is 0.395 e. The zero-order valence-corrected chi connectivity index (χ0v) is 18.6. The molecule has 8 heteroatoms. The minimum Gasteiger partial charge on any atom is -0.395 e. The molecule has 30 heavy (non-hydrogen) atoms. The number of aliphatic hydroxyl groups excluding tert-OH is 1. The topological polar surface area (TPSA) is 98.7 Å². The summed E-state index contributed by atoms with van der Waals surface area (Å²) >= 11 is 1.63. The van der Waals surface area contributed by atoms with Gasteiger partial charge in [0.2, 0.25) is 17.7 Å². The molecule has 1 spiro atoms. The van der Waals surface area contributed by atoms with E-state index in [1.54, 1.807) is 18.8 Å². The maximum atomic E-state index is 13.6. The molecule has 0 aliphatic carbocycles. The first-order valence-electron chi connectivity index (χ1n) is 10.4. The summed E-state index contributed by atoms with van der Waals surface area (Å²) in [6, 6.07) is 5.10. The molecule has 4 rings (SSSR count). The maximum absolute atomic E-state index is 13.6. The Morgan fingerprint density at radius 2 is 1.90 bits per heavy atom. The smallest absolute Gasteiger partial charge is 0.248 e. The van der Waals surface area contributed by atoms with Crippen molar-refractivity contribution in [1.82, 2.24) is 10.2 Å². The predicted octanol–water partition coefficient (Wildman–Crippen LogP) is 1.46. The number of thioether (sulfide) groups is 1. The van der Waals surface area contributed by atoms with Crippen LogP contribution in [-0.2, 0) is 14.4 Å². The molecular formula is C22H29N3O4S. The average molecular weight is 432 g/mol. The SMILES string of the molecule is CNC(=O)[C@@H]1[C@H]2C(=O)N(CCO)C(C(=O)Nc3c(C)cccc3C)C23CC[C@@]1(C)S3. The Morgan fingerprint density at radius 1 is 1.23 bits per heavy atom. The third-order valence-corrected chi connectivity index (χ3v) is 9.11. The van der Waals surface area contributed by atoms with Crippen molar-refractivity contribution in [3.8, 4) is 0 Å². The predicted molar refractivity (Wildman–Crippen MR) is 116 cm³/mol. The number of β-amino-alcohol motifs (C(OH)–C–C–N with tert-alkyl or cyclic N) is 1. The van der Waals surface area contributed by atoms with E-state index in [2.05, 4.69) is 10.6 Å². The molecule has 7 nitrogen and oxygen atoms in total. The standard InChI is InChI=1S/C22H29N3O4S/c1-12-6-5-7-13(2)16(12)24-19(28)17-22-9-8-21(3,30-22)14(18(27)23-4)15(22)20(29)25(17)10-11-26/h5-7,14-15,17,26H,8-11H2,1-4H3,(H,23,27)(H,24,28)/t14-,15-,17?,21+,22?/m0/s1. The van der Waals surface area contributed by atoms with Crippen LogP contribution >= 0.6 is 11.8 Å². The van der Waals surface area contributed by atoms with E-state index in [-0.39, 0.29) is 35.6 Å². The second-order valence-electron chi connectivity index (χ2n) is 8.85. The van der Waals surface area contributed by atoms with E-state index in [4.69, 9.17) is 0 Å². The number of aryl methyl sites for hydroxylation is 2. The molecule has 0 saturated carbocycles. The number of rotatable bonds is 5. The summed E-state index contributed by atoms with van der Waals surface area (Å²) in [6.07, 6.45) is 1.48. The zero-order chi connectivity index (χ0) is 21.8. The Morgan fingerprint density at radius 3 is 2.50 bits per heavy atom. The summed E-state index contributed by atoms with van der Waals surface area (Å²) in [4.78, 5) is 41.4. The number of anilines is 1. The zero-order valence-electron chi connectivity index (χ0n) is 17.8. The Hall–Kier alpha value is -2.06. The first-order chi connectivity index (χ1) is 14.2. The Labute approximate surface area is 181 Å². The number of nitrogens with zero attached hydrogens (tertiary/aromatic N) is 1. The number of fused-ring (bicyclic) bond motifs is 1. The second-order valence-corrected chi connectivity index (χ2v) is 10.7. The number of hydrogen-bond donors (Lipinski definition) is 3. The molecule has 3 aliphatic rings. The molecule has 5 atom stereocenters. The van der Waals surface area contributed by atoms with Crippen molar-refractivity contribution in [2.24, 2.45) is 11.8 Å². The average Bonchev–Trinajstić information content (AvgIpc) is 3.26. The quantitative estimate of drug-likeness (QED) is 0.656. The van der Waals surface area contributed by atoms with Gasteiger partial charge in [-0.25, -0.2) is 0 Å². The summed E-state index contributed by atoms with van der Waals surface area (Å²) in [6.45, 7) is 5.77. The lowest BCUT2D eigenvalue weighted by atomic mass is 9.66. The van der Waals surface area contributed by atoms with Crippen molar-refractivity contribution in [2.75, 3.05) is 25.5 Å². The van der Waals surface area contributed by atoms with E-state index >= 15 is 0 Å². The number of hydrogen-bond acceptors (Lipinski definition) is 5. The highest BCUT2D eigenvalue weighted by Gasteiger charge is 2.76. The molecule has 1 aromatic rings. The van der Waals surface area contributed by atoms with Crippen LogP contribution in [0, 0.1) is 25.7 Å². The lowest BCUT2D eigenvalue weighted by molar-refractivity contribution is -0.140. The molecule has 2 bridgehead atoms. The first-order valence-corrected chi connectivity index (χ1v) is 11.2. The van der Waals surface area contributed by atoms with Crippen LogP contribution in [0.25, 0.3) is 0 Å². The highest BCUT2D eigenvalue weighted by atomic mass is 32.2. The van der Waals surface area contributed by atoms with Gasteiger partial charge in [-0.1, -0.05) is 18.2 Å². The van der Waals surface area contributed by atoms with E-state index in [0.29, 0.717) is 6.42 Å². The fourth-order valence-corrected chi connectivity index (χ4v) is 8.19. The van der Waals surface area contributed by atoms with Crippen molar-refractivity contribution < 1.29 is 19.5 Å². The molecular weight excluding hydrogens is 402 g/mol. The van der Waals surface area contributed by atoms with Gasteiger partial charge in [0.05, 0.1) is 23.2 Å². The van der Waals surface area contributed by atoms with Gasteiger partial charge in [-0.15, -0.1) is 11.8 Å². The van der Waals surface area contributed by atoms with Gasteiger partial charge in [0.25, 0.3) is 0 Å². The van der Waals surface area contributed by atoms with E-state index in [0.717, 1.165) is 23.2 Å². The van der Waals surface area contributed by atoms with Crippen LogP contribution in [0.15, 0.2) is 18.2 Å². The van der Waals surface area contributed by atoms with Crippen molar-refractivity contribution in [2.45, 2.75) is 49.1 Å². The lowest BCUT2D eigenvalue weighted by Gasteiger charge is -2.34. The molecule has 2 unspecified atom stereocenters. The number of nitrogens with one attached hydrogen (secondary N) is 2. The van der Waals surface area contributed by atoms with Crippen LogP contribution in [0.4, 0.5) is 5.69 Å². The lowest BCUT2D eigenvalue weighted by Crippen LogP contribution is -2.52. The van der Waals surface area contributed by atoms with Crippen molar-refractivity contribution in [3.63, 3.8) is 0 Å². The summed E-state index contributed by atoms with van der Waals surface area (Å²) in [5.41, 5.74) is 2.66. The van der Waals surface area contributed by atoms with Crippen LogP contribution in [0.2, 0.25) is 0 Å². The number of carbonyl (C=O) groups excluding carboxylic acids is 3. The second kappa shape index (κ2) is 7.27. The highest BCUT2D eigenvalue weighted by molar-refractivity contribution is 8.02. The monoisotopic (exact) mass is 431 g/mol. The molecule has 3 aliphatic heterocycles. The van der Waals surface area contributed by atoms with Crippen molar-refractivity contribution >= 4 is 35.2 Å². The number of benzene rings is 1. The molecule has 1 aromatic carbocycles. The van der Waals surface area contributed by atoms with Gasteiger partial charge in [-0.05, 0) is 44.7 Å². The van der Waals surface area contributed by atoms with Gasteiger partial charge in [0.1, 0.15) is 6.04 Å². The van der Waals surface area contributed by atoms with Gasteiger partial charge in [-0.3, -0.25) is 14.4 Å². The number of aliphatic hydroxyl groups is 1. The number of likely N-dealkylation sites (tertiary alicyclic amines) is 1. The normalized spacial score (nSPS) is 34.2. The molecule has 3 amide bonds. The van der Waals surface area contributed by atoms with Gasteiger partial charge < -0.3 is 20.6 Å². The van der Waals surface area contributed by atoms with Crippen LogP contribution in [0.5, 0.6) is 0 Å². The van der Waals surface area contributed by atoms with Gasteiger partial charge in [-0.2, -0.15) is 0 Å². The van der Waals surface area contributed by atoms with E-state index in [1.807, 2.05) is 39.0 Å². The first kappa shape index (κ1) is 21.2. The van der Waals surface area contributed by atoms with Crippen molar-refractivity contribution in [1.29, 1.82) is 0 Å². The molecule has 3 saturated heterocycles.